The third kappa shape index (κ3) is 2.24. The fraction of sp³-hybridized carbons (Fsp3) is 0.471. The molecule has 25 heavy (non-hydrogen) atoms. The molecule has 0 aromatic heterocycles. The molecule has 1 saturated carbocycles. The van der Waals surface area contributed by atoms with Gasteiger partial charge in [-0.3, -0.25) is 19.7 Å². The lowest BCUT2D eigenvalue weighted by Crippen LogP contribution is -2.52. The first kappa shape index (κ1) is 17.1. The molecule has 1 aliphatic heterocycles. The standard InChI is InChI=1S/C17H19N3O5/c1-15(2)16(3)8-9-17(15,25-14(16)22)13(21)19-18-10-11-4-6-12(7-5-11)20(23)24/h4-7,10H,8-9H2,1-3H3,(H,19,21). The summed E-state index contributed by atoms with van der Waals surface area (Å²) in [7, 11) is 0. The van der Waals surface area contributed by atoms with E-state index in [1.165, 1.54) is 30.5 Å². The molecule has 2 bridgehead atoms. The number of hydrazone groups is 1. The second kappa shape index (κ2) is 5.37. The zero-order valence-corrected chi connectivity index (χ0v) is 14.2. The molecule has 132 valence electrons. The fourth-order valence-corrected chi connectivity index (χ4v) is 3.68. The largest absolute Gasteiger partial charge is 0.448 e. The highest BCUT2D eigenvalue weighted by molar-refractivity contribution is 5.96. The molecule has 2 fully saturated rings. The smallest absolute Gasteiger partial charge is 0.313 e. The molecule has 1 aromatic rings. The van der Waals surface area contributed by atoms with Crippen LogP contribution < -0.4 is 5.43 Å². The number of carbonyl (C=O) groups is 2. The molecule has 8 nitrogen and oxygen atoms in total. The summed E-state index contributed by atoms with van der Waals surface area (Å²) in [5.74, 6) is -0.802. The lowest BCUT2D eigenvalue weighted by molar-refractivity contribution is -0.384. The molecule has 3 rings (SSSR count). The van der Waals surface area contributed by atoms with Crippen LogP contribution in [0.4, 0.5) is 5.69 Å². The highest BCUT2D eigenvalue weighted by atomic mass is 16.6. The van der Waals surface area contributed by atoms with Gasteiger partial charge in [-0.2, -0.15) is 5.10 Å². The minimum Gasteiger partial charge on any atom is -0.448 e. The first-order valence-electron chi connectivity index (χ1n) is 7.95. The molecular weight excluding hydrogens is 326 g/mol. The quantitative estimate of drug-likeness (QED) is 0.389. The number of ether oxygens (including phenoxy) is 1. The van der Waals surface area contributed by atoms with Crippen molar-refractivity contribution in [3.63, 3.8) is 0 Å². The number of amides is 1. The van der Waals surface area contributed by atoms with Gasteiger partial charge in [-0.15, -0.1) is 0 Å². The van der Waals surface area contributed by atoms with E-state index in [9.17, 15) is 19.7 Å². The summed E-state index contributed by atoms with van der Waals surface area (Å²) in [5.41, 5.74) is 0.492. The van der Waals surface area contributed by atoms with Crippen LogP contribution in [0.3, 0.4) is 0 Å². The van der Waals surface area contributed by atoms with Gasteiger partial charge in [0.05, 0.1) is 16.6 Å². The Morgan fingerprint density at radius 3 is 2.40 bits per heavy atom. The number of nitro groups is 1. The van der Waals surface area contributed by atoms with Crippen molar-refractivity contribution in [3.8, 4) is 0 Å². The summed E-state index contributed by atoms with van der Waals surface area (Å²) in [6.45, 7) is 5.56. The zero-order valence-electron chi connectivity index (χ0n) is 14.2. The van der Waals surface area contributed by atoms with Crippen LogP contribution in [0.1, 0.15) is 39.2 Å². The summed E-state index contributed by atoms with van der Waals surface area (Å²) >= 11 is 0. The van der Waals surface area contributed by atoms with Gasteiger partial charge in [-0.1, -0.05) is 13.8 Å². The third-order valence-corrected chi connectivity index (χ3v) is 5.93. The molecule has 0 spiro atoms. The Hall–Kier alpha value is -2.77. The van der Waals surface area contributed by atoms with Crippen molar-refractivity contribution in [2.75, 3.05) is 0 Å². The minimum atomic E-state index is -1.22. The van der Waals surface area contributed by atoms with Gasteiger partial charge in [0.1, 0.15) is 0 Å². The van der Waals surface area contributed by atoms with Crippen molar-refractivity contribution in [2.45, 2.75) is 39.2 Å². The van der Waals surface area contributed by atoms with Crippen LogP contribution in [0.25, 0.3) is 0 Å². The van der Waals surface area contributed by atoms with Crippen molar-refractivity contribution in [1.82, 2.24) is 5.43 Å². The van der Waals surface area contributed by atoms with E-state index >= 15 is 0 Å². The van der Waals surface area contributed by atoms with Crippen LogP contribution in [0.15, 0.2) is 29.4 Å². The van der Waals surface area contributed by atoms with E-state index in [0.717, 1.165) is 0 Å². The van der Waals surface area contributed by atoms with Crippen molar-refractivity contribution in [3.05, 3.63) is 39.9 Å². The molecule has 8 heteroatoms. The van der Waals surface area contributed by atoms with E-state index < -0.39 is 27.3 Å². The number of hydrogen-bond donors (Lipinski definition) is 1. The van der Waals surface area contributed by atoms with E-state index in [1.807, 2.05) is 20.8 Å². The summed E-state index contributed by atoms with van der Waals surface area (Å²) in [5, 5.41) is 14.5. The Bertz CT molecular complexity index is 786. The van der Waals surface area contributed by atoms with Crippen molar-refractivity contribution >= 4 is 23.8 Å². The number of nitrogens with one attached hydrogen (secondary N) is 1. The van der Waals surface area contributed by atoms with Gasteiger partial charge in [0.25, 0.3) is 11.6 Å². The van der Waals surface area contributed by atoms with Gasteiger partial charge in [0, 0.05) is 17.5 Å². The molecule has 0 radical (unpaired) electrons. The van der Waals surface area contributed by atoms with Crippen LogP contribution >= 0.6 is 0 Å². The second-order valence-electron chi connectivity index (χ2n) is 7.22. The normalized spacial score (nSPS) is 29.6. The summed E-state index contributed by atoms with van der Waals surface area (Å²) in [6, 6.07) is 5.76. The van der Waals surface area contributed by atoms with Gasteiger partial charge >= 0.3 is 5.97 Å². The van der Waals surface area contributed by atoms with Crippen LogP contribution in [-0.2, 0) is 14.3 Å². The minimum absolute atomic E-state index is 0.0232. The Morgan fingerprint density at radius 2 is 1.92 bits per heavy atom. The van der Waals surface area contributed by atoms with E-state index in [0.29, 0.717) is 18.4 Å². The van der Waals surface area contributed by atoms with Gasteiger partial charge in [0.15, 0.2) is 5.60 Å². The topological polar surface area (TPSA) is 111 Å². The molecule has 1 aliphatic carbocycles. The highest BCUT2D eigenvalue weighted by Crippen LogP contribution is 2.65. The molecule has 1 N–H and O–H groups in total. The zero-order chi connectivity index (χ0) is 18.5. The third-order valence-electron chi connectivity index (χ3n) is 5.93. The number of nitrogens with zero attached hydrogens (tertiary/aromatic N) is 2. The number of non-ortho nitro benzene ring substituents is 1. The van der Waals surface area contributed by atoms with Gasteiger partial charge in [-0.05, 0) is 37.5 Å². The molecule has 1 heterocycles. The number of hydrogen-bond acceptors (Lipinski definition) is 6. The maximum atomic E-state index is 12.7. The van der Waals surface area contributed by atoms with Crippen LogP contribution in [0.2, 0.25) is 0 Å². The molecule has 2 atom stereocenters. The number of fused-ring (bicyclic) bond motifs is 2. The number of esters is 1. The van der Waals surface area contributed by atoms with Crippen molar-refractivity contribution < 1.29 is 19.2 Å². The molecule has 2 aliphatic rings. The van der Waals surface area contributed by atoms with Crippen LogP contribution in [0, 0.1) is 20.9 Å². The van der Waals surface area contributed by atoms with Crippen molar-refractivity contribution in [1.29, 1.82) is 0 Å². The van der Waals surface area contributed by atoms with E-state index in [4.69, 9.17) is 4.74 Å². The SMILES string of the molecule is CC12CCC(C(=O)NN=Cc3ccc([N+](=O)[O-])cc3)(OC1=O)C2(C)C. The predicted molar refractivity (Wildman–Crippen MR) is 88.8 cm³/mol. The molecule has 1 amide bonds. The fourth-order valence-electron chi connectivity index (χ4n) is 3.68. The van der Waals surface area contributed by atoms with E-state index in [1.54, 1.807) is 0 Å². The maximum absolute atomic E-state index is 12.7. The van der Waals surface area contributed by atoms with E-state index in [2.05, 4.69) is 10.5 Å². The van der Waals surface area contributed by atoms with Crippen LogP contribution in [-0.4, -0.2) is 28.6 Å². The molecule has 1 aromatic carbocycles. The number of benzene rings is 1. The number of nitro benzene ring substituents is 1. The van der Waals surface area contributed by atoms with Gasteiger partial charge < -0.3 is 4.74 Å². The van der Waals surface area contributed by atoms with Crippen LogP contribution in [0.5, 0.6) is 0 Å². The highest BCUT2D eigenvalue weighted by Gasteiger charge is 2.75. The number of rotatable bonds is 4. The molecular formula is C17H19N3O5. The second-order valence-corrected chi connectivity index (χ2v) is 7.22. The monoisotopic (exact) mass is 345 g/mol. The molecule has 2 unspecified atom stereocenters. The van der Waals surface area contributed by atoms with Gasteiger partial charge in [0.2, 0.25) is 0 Å². The summed E-state index contributed by atoms with van der Waals surface area (Å²) in [6.07, 6.45) is 2.44. The maximum Gasteiger partial charge on any atom is 0.313 e. The Labute approximate surface area is 144 Å². The Kier molecular flexibility index (Phi) is 3.66. The first-order valence-corrected chi connectivity index (χ1v) is 7.95. The average Bonchev–Trinajstić information content (AvgIpc) is 2.85. The van der Waals surface area contributed by atoms with Gasteiger partial charge in [-0.25, -0.2) is 5.43 Å². The number of carbonyl (C=O) groups excluding carboxylic acids is 2. The predicted octanol–water partition coefficient (Wildman–Crippen LogP) is 2.17. The van der Waals surface area contributed by atoms with Crippen molar-refractivity contribution in [2.24, 2.45) is 15.9 Å². The Balaban J connectivity index is 1.73. The summed E-state index contributed by atoms with van der Waals surface area (Å²) in [4.78, 5) is 35.0. The lowest BCUT2D eigenvalue weighted by atomic mass is 9.66. The summed E-state index contributed by atoms with van der Waals surface area (Å²) < 4.78 is 5.47. The Morgan fingerprint density at radius 1 is 1.28 bits per heavy atom. The van der Waals surface area contributed by atoms with E-state index in [-0.39, 0.29) is 11.7 Å². The molecule has 1 saturated heterocycles. The first-order chi connectivity index (χ1) is 11.6. The average molecular weight is 345 g/mol. The lowest BCUT2D eigenvalue weighted by Gasteiger charge is -2.34.